The minimum atomic E-state index is -4.31. The smallest absolute Gasteiger partial charge is 0.381 e. The number of hydrogen-bond acceptors (Lipinski definition) is 2. The molecule has 1 aromatic rings. The van der Waals surface area contributed by atoms with Crippen molar-refractivity contribution in [3.05, 3.63) is 28.2 Å². The Bertz CT molecular complexity index is 482. The SMILES string of the molecule is CC(Nc1cc(C(F)(F)F)ccc1Br)C1CCN(C)CC1. The van der Waals surface area contributed by atoms with Crippen molar-refractivity contribution < 1.29 is 13.2 Å². The van der Waals surface area contributed by atoms with Gasteiger partial charge >= 0.3 is 6.18 Å². The lowest BCUT2D eigenvalue weighted by Gasteiger charge is -2.33. The first-order valence-electron chi connectivity index (χ1n) is 7.09. The van der Waals surface area contributed by atoms with Crippen LogP contribution in [0.5, 0.6) is 0 Å². The lowest BCUT2D eigenvalue weighted by molar-refractivity contribution is -0.137. The fourth-order valence-electron chi connectivity index (χ4n) is 2.70. The molecule has 0 aliphatic carbocycles. The van der Waals surface area contributed by atoms with Crippen LogP contribution in [-0.2, 0) is 6.18 Å². The maximum absolute atomic E-state index is 12.8. The molecule has 1 N–H and O–H groups in total. The number of alkyl halides is 3. The van der Waals surface area contributed by atoms with Gasteiger partial charge in [-0.3, -0.25) is 0 Å². The van der Waals surface area contributed by atoms with Gasteiger partial charge in [0.2, 0.25) is 0 Å². The molecular weight excluding hydrogens is 345 g/mol. The number of nitrogens with zero attached hydrogens (tertiary/aromatic N) is 1. The van der Waals surface area contributed by atoms with Gasteiger partial charge < -0.3 is 10.2 Å². The maximum Gasteiger partial charge on any atom is 0.416 e. The average molecular weight is 365 g/mol. The van der Waals surface area contributed by atoms with Crippen LogP contribution in [0.4, 0.5) is 18.9 Å². The molecule has 1 aromatic carbocycles. The van der Waals surface area contributed by atoms with Crippen molar-refractivity contribution >= 4 is 21.6 Å². The summed E-state index contributed by atoms with van der Waals surface area (Å²) in [5.74, 6) is 0.489. The molecule has 0 aromatic heterocycles. The fraction of sp³-hybridized carbons (Fsp3) is 0.600. The highest BCUT2D eigenvalue weighted by atomic mass is 79.9. The van der Waals surface area contributed by atoms with Crippen LogP contribution in [0.2, 0.25) is 0 Å². The van der Waals surface area contributed by atoms with Crippen molar-refractivity contribution in [1.82, 2.24) is 4.90 Å². The highest BCUT2D eigenvalue weighted by Gasteiger charge is 2.31. The van der Waals surface area contributed by atoms with Crippen LogP contribution in [0, 0.1) is 5.92 Å². The third-order valence-corrected chi connectivity index (χ3v) is 4.84. The molecule has 6 heteroatoms. The van der Waals surface area contributed by atoms with Crippen LogP contribution in [0.15, 0.2) is 22.7 Å². The van der Waals surface area contributed by atoms with Gasteiger partial charge in [0.1, 0.15) is 0 Å². The van der Waals surface area contributed by atoms with E-state index in [4.69, 9.17) is 0 Å². The summed E-state index contributed by atoms with van der Waals surface area (Å²) in [7, 11) is 2.09. The number of likely N-dealkylation sites (tertiary alicyclic amines) is 1. The maximum atomic E-state index is 12.8. The number of halogens is 4. The van der Waals surface area contributed by atoms with Gasteiger partial charge in [-0.15, -0.1) is 0 Å². The Morgan fingerprint density at radius 2 is 1.90 bits per heavy atom. The van der Waals surface area contributed by atoms with Crippen LogP contribution >= 0.6 is 15.9 Å². The second-order valence-electron chi connectivity index (χ2n) is 5.77. The molecule has 2 nitrogen and oxygen atoms in total. The van der Waals surface area contributed by atoms with Crippen LogP contribution in [0.3, 0.4) is 0 Å². The van der Waals surface area contributed by atoms with Crippen LogP contribution in [0.25, 0.3) is 0 Å². The predicted octanol–water partition coefficient (Wildman–Crippen LogP) is 4.61. The van der Waals surface area contributed by atoms with Gasteiger partial charge in [0.15, 0.2) is 0 Å². The Morgan fingerprint density at radius 3 is 2.48 bits per heavy atom. The van der Waals surface area contributed by atoms with Crippen molar-refractivity contribution in [2.45, 2.75) is 32.0 Å². The molecule has 0 saturated carbocycles. The largest absolute Gasteiger partial charge is 0.416 e. The summed E-state index contributed by atoms with van der Waals surface area (Å²) < 4.78 is 39.0. The van der Waals surface area contributed by atoms with Crippen molar-refractivity contribution in [3.8, 4) is 0 Å². The summed E-state index contributed by atoms with van der Waals surface area (Å²) in [6.07, 6.45) is -2.17. The molecule has 1 atom stereocenters. The number of rotatable bonds is 3. The topological polar surface area (TPSA) is 15.3 Å². The van der Waals surface area contributed by atoms with Crippen LogP contribution in [-0.4, -0.2) is 31.1 Å². The molecular formula is C15H20BrF3N2. The first-order valence-corrected chi connectivity index (χ1v) is 7.88. The minimum absolute atomic E-state index is 0.151. The van der Waals surface area contributed by atoms with Gasteiger partial charge in [0, 0.05) is 16.2 Å². The van der Waals surface area contributed by atoms with Crippen molar-refractivity contribution in [1.29, 1.82) is 0 Å². The highest BCUT2D eigenvalue weighted by Crippen LogP contribution is 2.35. The second kappa shape index (κ2) is 6.57. The van der Waals surface area contributed by atoms with E-state index in [2.05, 4.69) is 33.2 Å². The van der Waals surface area contributed by atoms with Gasteiger partial charge in [-0.25, -0.2) is 0 Å². The normalized spacial score (nSPS) is 19.5. The first-order chi connectivity index (χ1) is 9.77. The Labute approximate surface area is 131 Å². The molecule has 1 fully saturated rings. The molecule has 0 spiro atoms. The van der Waals surface area contributed by atoms with Gasteiger partial charge in [-0.2, -0.15) is 13.2 Å². The number of hydrogen-bond donors (Lipinski definition) is 1. The van der Waals surface area contributed by atoms with E-state index in [0.29, 0.717) is 16.1 Å². The number of nitrogens with one attached hydrogen (secondary N) is 1. The monoisotopic (exact) mass is 364 g/mol. The number of anilines is 1. The third kappa shape index (κ3) is 4.36. The summed E-state index contributed by atoms with van der Waals surface area (Å²) in [5.41, 5.74) is -0.111. The summed E-state index contributed by atoms with van der Waals surface area (Å²) >= 11 is 3.32. The van der Waals surface area contributed by atoms with Crippen LogP contribution < -0.4 is 5.32 Å². The third-order valence-electron chi connectivity index (χ3n) is 4.15. The molecule has 118 valence electrons. The average Bonchev–Trinajstić information content (AvgIpc) is 2.40. The summed E-state index contributed by atoms with van der Waals surface area (Å²) in [6.45, 7) is 4.13. The van der Waals surface area contributed by atoms with E-state index >= 15 is 0 Å². The van der Waals surface area contributed by atoms with Gasteiger partial charge in [-0.1, -0.05) is 0 Å². The number of piperidine rings is 1. The van der Waals surface area contributed by atoms with Crippen molar-refractivity contribution in [3.63, 3.8) is 0 Å². The minimum Gasteiger partial charge on any atom is -0.381 e. The summed E-state index contributed by atoms with van der Waals surface area (Å²) in [6, 6.07) is 3.87. The molecule has 1 aliphatic rings. The Hall–Kier alpha value is -0.750. The molecule has 1 saturated heterocycles. The zero-order chi connectivity index (χ0) is 15.6. The molecule has 0 radical (unpaired) electrons. The Balaban J connectivity index is 2.08. The van der Waals surface area contributed by atoms with E-state index in [1.165, 1.54) is 12.1 Å². The van der Waals surface area contributed by atoms with Crippen molar-refractivity contribution in [2.75, 3.05) is 25.5 Å². The number of benzene rings is 1. The van der Waals surface area contributed by atoms with E-state index in [-0.39, 0.29) is 6.04 Å². The molecule has 1 heterocycles. The van der Waals surface area contributed by atoms with Gasteiger partial charge in [0.25, 0.3) is 0 Å². The van der Waals surface area contributed by atoms with Crippen molar-refractivity contribution in [2.24, 2.45) is 5.92 Å². The van der Waals surface area contributed by atoms with E-state index < -0.39 is 11.7 Å². The van der Waals surface area contributed by atoms with E-state index in [1.807, 2.05) is 6.92 Å². The summed E-state index contributed by atoms with van der Waals surface area (Å²) in [5, 5.41) is 3.24. The van der Waals surface area contributed by atoms with E-state index in [0.717, 1.165) is 32.0 Å². The Kier molecular flexibility index (Phi) is 5.20. The first kappa shape index (κ1) is 16.6. The zero-order valence-corrected chi connectivity index (χ0v) is 13.8. The molecule has 1 unspecified atom stereocenters. The van der Waals surface area contributed by atoms with E-state index in [9.17, 15) is 13.2 Å². The highest BCUT2D eigenvalue weighted by molar-refractivity contribution is 9.10. The second-order valence-corrected chi connectivity index (χ2v) is 6.62. The molecule has 0 amide bonds. The molecule has 0 bridgehead atoms. The van der Waals surface area contributed by atoms with Gasteiger partial charge in [0.05, 0.1) is 5.56 Å². The Morgan fingerprint density at radius 1 is 1.29 bits per heavy atom. The van der Waals surface area contributed by atoms with E-state index in [1.54, 1.807) is 0 Å². The lowest BCUT2D eigenvalue weighted by atomic mass is 9.90. The molecule has 1 aliphatic heterocycles. The fourth-order valence-corrected chi connectivity index (χ4v) is 3.06. The van der Waals surface area contributed by atoms with Gasteiger partial charge in [-0.05, 0) is 79.9 Å². The van der Waals surface area contributed by atoms with Crippen LogP contribution in [0.1, 0.15) is 25.3 Å². The predicted molar refractivity (Wildman–Crippen MR) is 82.4 cm³/mol. The molecule has 2 rings (SSSR count). The quantitative estimate of drug-likeness (QED) is 0.842. The standard InChI is InChI=1S/C15H20BrF3N2/c1-10(11-5-7-21(2)8-6-11)20-14-9-12(15(17,18)19)3-4-13(14)16/h3-4,9-11,20H,5-8H2,1-2H3. The zero-order valence-electron chi connectivity index (χ0n) is 12.2. The lowest BCUT2D eigenvalue weighted by Crippen LogP contribution is -2.37. The molecule has 21 heavy (non-hydrogen) atoms. The summed E-state index contributed by atoms with van der Waals surface area (Å²) in [4.78, 5) is 2.28.